The molecule has 71 heavy (non-hydrogen) atoms. The zero-order chi connectivity index (χ0) is 50.8. The lowest BCUT2D eigenvalue weighted by Crippen LogP contribution is -2.49. The zero-order valence-corrected chi connectivity index (χ0v) is 39.5. The molecule has 26 heteroatoms. The quantitative estimate of drug-likeness (QED) is 0.129. The van der Waals surface area contributed by atoms with E-state index in [2.05, 4.69) is 71.9 Å². The third kappa shape index (κ3) is 13.6. The first-order valence-electron chi connectivity index (χ1n) is 22.4. The molecule has 2 saturated carbocycles. The smallest absolute Gasteiger partial charge is 0.408 e. The van der Waals surface area contributed by atoms with Crippen LogP contribution in [0.15, 0.2) is 65.9 Å². The van der Waals surface area contributed by atoms with Gasteiger partial charge < -0.3 is 25.0 Å². The predicted molar refractivity (Wildman–Crippen MR) is 238 cm³/mol. The Morgan fingerprint density at radius 2 is 0.986 bits per heavy atom. The van der Waals surface area contributed by atoms with E-state index < -0.39 is 60.7 Å². The molecule has 2 aliphatic carbocycles. The van der Waals surface area contributed by atoms with Gasteiger partial charge in [0, 0.05) is 98.6 Å². The van der Waals surface area contributed by atoms with E-state index in [1.165, 1.54) is 12.8 Å². The van der Waals surface area contributed by atoms with Crippen molar-refractivity contribution < 1.29 is 53.4 Å². The minimum atomic E-state index is -4.57. The van der Waals surface area contributed by atoms with E-state index in [0.29, 0.717) is 57.6 Å². The Morgan fingerprint density at radius 1 is 0.577 bits per heavy atom. The summed E-state index contributed by atoms with van der Waals surface area (Å²) >= 11 is 2.79. The molecule has 10 rings (SSSR count). The van der Waals surface area contributed by atoms with Crippen LogP contribution in [0, 0.1) is 66.7 Å². The first-order valence-corrected chi connectivity index (χ1v) is 23.2. The molecule has 4 aromatic heterocycles. The number of nitrogens with zero attached hydrogens (tertiary/aromatic N) is 12. The minimum absolute atomic E-state index is 0.145. The Morgan fingerprint density at radius 3 is 1.42 bits per heavy atom. The van der Waals surface area contributed by atoms with E-state index in [1.807, 2.05) is 19.9 Å². The summed E-state index contributed by atoms with van der Waals surface area (Å²) in [7, 11) is 0. The van der Waals surface area contributed by atoms with Crippen molar-refractivity contribution in [2.75, 3.05) is 36.0 Å². The van der Waals surface area contributed by atoms with Gasteiger partial charge in [-0.2, -0.15) is 41.4 Å². The number of alkyl halides is 6. The molecule has 15 nitrogen and oxygen atoms in total. The fraction of sp³-hybridized carbons (Fsp3) is 0.467. The van der Waals surface area contributed by atoms with Crippen LogP contribution in [0.1, 0.15) is 42.9 Å². The molecule has 0 amide bonds. The van der Waals surface area contributed by atoms with Gasteiger partial charge in [0.25, 0.3) is 0 Å². The minimum Gasteiger partial charge on any atom is -0.424 e. The van der Waals surface area contributed by atoms with E-state index in [0.717, 1.165) is 86.3 Å². The van der Waals surface area contributed by atoms with Crippen LogP contribution in [0.25, 0.3) is 0 Å². The van der Waals surface area contributed by atoms with E-state index in [4.69, 9.17) is 15.2 Å². The van der Waals surface area contributed by atoms with Crippen LogP contribution >= 0.6 is 15.9 Å². The van der Waals surface area contributed by atoms with Crippen molar-refractivity contribution in [2.45, 2.75) is 77.4 Å². The van der Waals surface area contributed by atoms with Crippen molar-refractivity contribution in [3.05, 3.63) is 106 Å². The normalized spacial score (nSPS) is 21.6. The number of benzene rings is 2. The van der Waals surface area contributed by atoms with Crippen molar-refractivity contribution in [3.8, 4) is 23.5 Å². The van der Waals surface area contributed by atoms with Crippen molar-refractivity contribution in [1.82, 2.24) is 49.5 Å². The molecule has 0 spiro atoms. The summed E-state index contributed by atoms with van der Waals surface area (Å²) < 4.78 is 140. The molecule has 4 fully saturated rings. The molecule has 6 heterocycles. The van der Waals surface area contributed by atoms with Gasteiger partial charge in [-0.05, 0) is 85.1 Å². The first kappa shape index (κ1) is 51.2. The second-order valence-corrected chi connectivity index (χ2v) is 18.6. The van der Waals surface area contributed by atoms with Crippen LogP contribution in [-0.2, 0) is 19.5 Å². The standard InChI is InChI=1S/C23H23F5N6O.C12H18N4.C10H5BrF5N3O/c1-13-4-21(30-12-29-13)33-9-14-2-3-15(10-33)19(14)8-20-31-22(34(32-20)11-23(26,27)28)35-18-6-16(24)5-17(25)7-18;1-8-4-11(15-7-14-8)16-5-9-2-3-10(6-16)12(9)13;11-8-17-9(19(18-8)4-10(14,15)16)20-7-2-5(12)1-6(13)3-7/h4-7,12,14-15,19H,2-3,8-11H2,1H3;4,7,9-10,12H,2-3,5-6,13H2,1H3;1-3H,4H2. The number of aryl methyl sites for hydroxylation is 2. The van der Waals surface area contributed by atoms with Gasteiger partial charge in [0.2, 0.25) is 4.73 Å². The van der Waals surface area contributed by atoms with Gasteiger partial charge in [-0.15, -0.1) is 5.10 Å². The number of rotatable bonds is 10. The number of hydrogen-bond acceptors (Lipinski definition) is 13. The second-order valence-electron chi connectivity index (χ2n) is 17.9. The number of halogens is 11. The molecule has 2 aromatic carbocycles. The Kier molecular flexibility index (Phi) is 15.3. The number of fused-ring (bicyclic) bond motifs is 4. The Labute approximate surface area is 408 Å². The van der Waals surface area contributed by atoms with Crippen LogP contribution in [0.4, 0.5) is 55.5 Å². The van der Waals surface area contributed by atoms with Crippen LogP contribution in [0.5, 0.6) is 23.5 Å². The Balaban J connectivity index is 0.000000158. The van der Waals surface area contributed by atoms with E-state index in [9.17, 15) is 43.9 Å². The molecule has 4 aliphatic rings. The van der Waals surface area contributed by atoms with Gasteiger partial charge in [-0.25, -0.2) is 46.9 Å². The number of anilines is 2. The molecule has 2 N–H and O–H groups in total. The van der Waals surface area contributed by atoms with Crippen LogP contribution < -0.4 is 25.0 Å². The number of aromatic nitrogens is 10. The molecule has 2 saturated heterocycles. The highest BCUT2D eigenvalue weighted by Gasteiger charge is 2.44. The third-order valence-electron chi connectivity index (χ3n) is 12.6. The van der Waals surface area contributed by atoms with Gasteiger partial charge in [-0.1, -0.05) is 0 Å². The molecule has 0 radical (unpaired) electrons. The van der Waals surface area contributed by atoms with Gasteiger partial charge in [0.1, 0.15) is 72.1 Å². The maximum absolute atomic E-state index is 13.5. The van der Waals surface area contributed by atoms with Crippen molar-refractivity contribution >= 4 is 27.6 Å². The molecule has 4 atom stereocenters. The third-order valence-corrected chi connectivity index (χ3v) is 13.0. The summed E-state index contributed by atoms with van der Waals surface area (Å²) in [6.45, 7) is 4.74. The average Bonchev–Trinajstić information content (AvgIpc) is 3.91. The number of hydrogen-bond donors (Lipinski definition) is 1. The molecule has 2 aliphatic heterocycles. The SMILES string of the molecule is Cc1cc(N2CC3CCC(C2)C3Cc2nc(Oc3cc(F)cc(F)c3)n(CC(F)(F)F)n2)ncn1.Cc1cc(N2CC3CCC(C2)C3N)ncn1.Fc1cc(F)cc(Oc2nc(Br)nn2CC(F)(F)F)c1. The van der Waals surface area contributed by atoms with E-state index in [-0.39, 0.29) is 28.0 Å². The van der Waals surface area contributed by atoms with Crippen LogP contribution in [-0.4, -0.2) is 94.0 Å². The van der Waals surface area contributed by atoms with E-state index >= 15 is 0 Å². The molecule has 4 bridgehead atoms. The second kappa shape index (κ2) is 21.3. The summed E-state index contributed by atoms with van der Waals surface area (Å²) in [5.74, 6) is 0.0165. The maximum Gasteiger partial charge on any atom is 0.408 e. The Bertz CT molecular complexity index is 2730. The summed E-state index contributed by atoms with van der Waals surface area (Å²) in [5.41, 5.74) is 8.11. The lowest BCUT2D eigenvalue weighted by molar-refractivity contribution is -0.144. The highest BCUT2D eigenvalue weighted by molar-refractivity contribution is 9.10. The summed E-state index contributed by atoms with van der Waals surface area (Å²) in [5, 5.41) is 7.48. The first-order chi connectivity index (χ1) is 33.6. The number of piperidine rings is 2. The number of ether oxygens (including phenoxy) is 2. The lowest BCUT2D eigenvalue weighted by atomic mass is 9.82. The lowest BCUT2D eigenvalue weighted by Gasteiger charge is -2.38. The molecule has 4 unspecified atom stereocenters. The summed E-state index contributed by atoms with van der Waals surface area (Å²) in [6.07, 6.45) is -0.947. The summed E-state index contributed by atoms with van der Waals surface area (Å²) in [6, 6.07) is 8.04. The Hall–Kier alpha value is -6.18. The highest BCUT2D eigenvalue weighted by Crippen LogP contribution is 2.45. The van der Waals surface area contributed by atoms with Crippen molar-refractivity contribution in [2.24, 2.45) is 35.3 Å². The maximum atomic E-state index is 13.5. The van der Waals surface area contributed by atoms with Gasteiger partial charge in [-0.3, -0.25) is 0 Å². The zero-order valence-electron chi connectivity index (χ0n) is 37.9. The molecular formula is C45H46BrF10N13O2. The number of nitrogens with two attached hydrogens (primary N) is 1. The van der Waals surface area contributed by atoms with Crippen molar-refractivity contribution in [3.63, 3.8) is 0 Å². The largest absolute Gasteiger partial charge is 0.424 e. The fourth-order valence-electron chi connectivity index (χ4n) is 9.59. The highest BCUT2D eigenvalue weighted by atomic mass is 79.9. The van der Waals surface area contributed by atoms with Gasteiger partial charge in [0.15, 0.2) is 5.82 Å². The summed E-state index contributed by atoms with van der Waals surface area (Å²) in [4.78, 5) is 29.4. The van der Waals surface area contributed by atoms with Gasteiger partial charge >= 0.3 is 24.4 Å². The fourth-order valence-corrected chi connectivity index (χ4v) is 9.93. The van der Waals surface area contributed by atoms with Crippen LogP contribution in [0.2, 0.25) is 0 Å². The monoisotopic (exact) mass is 1070 g/mol. The van der Waals surface area contributed by atoms with Crippen molar-refractivity contribution in [1.29, 1.82) is 0 Å². The molecule has 380 valence electrons. The molecular weight excluding hydrogens is 1020 g/mol. The van der Waals surface area contributed by atoms with Gasteiger partial charge in [0.05, 0.1) is 0 Å². The molecule has 6 aromatic rings. The topological polar surface area (TPSA) is 164 Å². The predicted octanol–water partition coefficient (Wildman–Crippen LogP) is 9.35. The average molecular weight is 1070 g/mol. The van der Waals surface area contributed by atoms with Crippen LogP contribution in [0.3, 0.4) is 0 Å². The van der Waals surface area contributed by atoms with E-state index in [1.54, 1.807) is 12.7 Å².